The van der Waals surface area contributed by atoms with Gasteiger partial charge in [-0.15, -0.1) is 0 Å². The van der Waals surface area contributed by atoms with Crippen molar-refractivity contribution < 1.29 is 80.2 Å². The predicted octanol–water partition coefficient (Wildman–Crippen LogP) is 21.0. The predicted molar refractivity (Wildman–Crippen MR) is 372 cm³/mol. The first-order valence-corrected chi connectivity index (χ1v) is 40.8. The lowest BCUT2D eigenvalue weighted by atomic mass is 10.0. The summed E-state index contributed by atoms with van der Waals surface area (Å²) in [5.74, 6) is 0.158. The van der Waals surface area contributed by atoms with Gasteiger partial charge in [0.25, 0.3) is 0 Å². The monoisotopic (exact) mass is 1350 g/mol. The summed E-state index contributed by atoms with van der Waals surface area (Å²) in [6, 6.07) is 0. The van der Waals surface area contributed by atoms with Gasteiger partial charge in [0.15, 0.2) is 12.2 Å². The number of aliphatic hydroxyl groups is 1. The molecule has 0 radical (unpaired) electrons. The lowest BCUT2D eigenvalue weighted by molar-refractivity contribution is -0.161. The molecule has 0 aliphatic carbocycles. The Morgan fingerprint density at radius 1 is 0.293 bits per heavy atom. The molecule has 0 heterocycles. The van der Waals surface area contributed by atoms with Crippen molar-refractivity contribution in [1.29, 1.82) is 0 Å². The molecule has 2 unspecified atom stereocenters. The van der Waals surface area contributed by atoms with Gasteiger partial charge < -0.3 is 33.8 Å². The maximum atomic E-state index is 13.1. The minimum absolute atomic E-state index is 0.103. The molecule has 0 spiro atoms. The molecular weight excluding hydrogens is 1210 g/mol. The van der Waals surface area contributed by atoms with E-state index >= 15 is 0 Å². The van der Waals surface area contributed by atoms with E-state index in [0.29, 0.717) is 31.6 Å². The van der Waals surface area contributed by atoms with Crippen LogP contribution in [0.4, 0.5) is 0 Å². The second kappa shape index (κ2) is 63.8. The number of esters is 4. The SMILES string of the molecule is CCCCCCCCCC(=O)OC[C@H](COP(=O)(O)OC[C@H](O)COP(=O)(O)OC[C@@H](COC(=O)CCCCCCCCCCCCCC(C)C)OC(=O)CCCCCCCCCCCCCCCCCCCCC(C)C)OC(=O)CCCCCCCCCC(C)C. The third-order valence-electron chi connectivity index (χ3n) is 16.9. The molecule has 19 heteroatoms. The molecule has 0 rings (SSSR count). The second-order valence-electron chi connectivity index (χ2n) is 27.8. The van der Waals surface area contributed by atoms with Crippen molar-refractivity contribution in [2.24, 2.45) is 17.8 Å². The van der Waals surface area contributed by atoms with E-state index in [9.17, 15) is 43.2 Å². The number of hydrogen-bond acceptors (Lipinski definition) is 15. The molecule has 546 valence electrons. The Morgan fingerprint density at radius 3 is 0.739 bits per heavy atom. The van der Waals surface area contributed by atoms with Gasteiger partial charge in [-0.25, -0.2) is 9.13 Å². The highest BCUT2D eigenvalue weighted by atomic mass is 31.2. The summed E-state index contributed by atoms with van der Waals surface area (Å²) in [4.78, 5) is 72.5. The van der Waals surface area contributed by atoms with E-state index in [1.54, 1.807) is 0 Å². The quantitative estimate of drug-likeness (QED) is 0.0222. The number of carbonyl (C=O) groups excluding carboxylic acids is 4. The van der Waals surface area contributed by atoms with E-state index in [1.807, 2.05) is 0 Å². The van der Waals surface area contributed by atoms with Gasteiger partial charge in [0.05, 0.1) is 26.4 Å². The number of hydrogen-bond donors (Lipinski definition) is 3. The summed E-state index contributed by atoms with van der Waals surface area (Å²) in [5, 5.41) is 10.6. The zero-order valence-electron chi connectivity index (χ0n) is 60.0. The fourth-order valence-electron chi connectivity index (χ4n) is 11.1. The number of aliphatic hydroxyl groups excluding tert-OH is 1. The van der Waals surface area contributed by atoms with Crippen LogP contribution in [-0.2, 0) is 65.4 Å². The Balaban J connectivity index is 5.16. The maximum Gasteiger partial charge on any atom is 0.472 e. The Hall–Kier alpha value is -1.94. The molecule has 0 aromatic heterocycles. The van der Waals surface area contributed by atoms with Gasteiger partial charge in [-0.3, -0.25) is 37.3 Å². The van der Waals surface area contributed by atoms with Crippen LogP contribution in [-0.4, -0.2) is 96.7 Å². The average molecular weight is 1350 g/mol. The zero-order valence-corrected chi connectivity index (χ0v) is 61.8. The summed E-state index contributed by atoms with van der Waals surface area (Å²) in [5.41, 5.74) is 0. The molecule has 5 atom stereocenters. The number of carbonyl (C=O) groups is 4. The molecule has 0 aliphatic heterocycles. The van der Waals surface area contributed by atoms with Gasteiger partial charge in [-0.1, -0.05) is 318 Å². The topological polar surface area (TPSA) is 237 Å². The van der Waals surface area contributed by atoms with Crippen molar-refractivity contribution in [2.75, 3.05) is 39.6 Å². The highest BCUT2D eigenvalue weighted by molar-refractivity contribution is 7.47. The van der Waals surface area contributed by atoms with Crippen LogP contribution >= 0.6 is 15.6 Å². The molecule has 0 saturated carbocycles. The standard InChI is InChI=1S/C73H142O17P2/c1-8-9-10-11-30-40-47-54-70(75)83-60-68(90-73(78)57-50-43-36-29-33-39-46-53-66(6)7)62-87-91(79,80)85-58-67(74)59-86-92(81,82)88-63-69(61-84-71(76)55-48-41-34-27-24-20-22-26-32-38-45-52-65(4)5)89-72(77)56-49-42-35-28-23-19-17-15-13-12-14-16-18-21-25-31-37-44-51-64(2)3/h64-69,74H,8-63H2,1-7H3,(H,79,80)(H,81,82)/t67-,68+,69+/m0/s1. The van der Waals surface area contributed by atoms with Crippen LogP contribution in [0, 0.1) is 17.8 Å². The van der Waals surface area contributed by atoms with Crippen molar-refractivity contribution >= 4 is 39.5 Å². The van der Waals surface area contributed by atoms with Gasteiger partial charge in [-0.2, -0.15) is 0 Å². The second-order valence-corrected chi connectivity index (χ2v) is 30.7. The molecule has 0 fully saturated rings. The molecule has 0 bridgehead atoms. The highest BCUT2D eigenvalue weighted by Crippen LogP contribution is 2.45. The lowest BCUT2D eigenvalue weighted by Crippen LogP contribution is -2.30. The van der Waals surface area contributed by atoms with Crippen LogP contribution < -0.4 is 0 Å². The van der Waals surface area contributed by atoms with Crippen LogP contribution in [0.25, 0.3) is 0 Å². The third-order valence-corrected chi connectivity index (χ3v) is 18.8. The van der Waals surface area contributed by atoms with E-state index in [-0.39, 0.29) is 25.7 Å². The fraction of sp³-hybridized carbons (Fsp3) is 0.945. The fourth-order valence-corrected chi connectivity index (χ4v) is 12.7. The maximum absolute atomic E-state index is 13.1. The number of ether oxygens (including phenoxy) is 4. The first-order chi connectivity index (χ1) is 44.2. The average Bonchev–Trinajstić information content (AvgIpc) is 1.91. The molecule has 17 nitrogen and oxygen atoms in total. The Labute approximate surface area is 562 Å². The van der Waals surface area contributed by atoms with E-state index in [0.717, 1.165) is 115 Å². The normalized spacial score (nSPS) is 14.1. The summed E-state index contributed by atoms with van der Waals surface area (Å²) in [7, 11) is -9.90. The van der Waals surface area contributed by atoms with Crippen LogP contribution in [0.15, 0.2) is 0 Å². The molecule has 0 aromatic carbocycles. The Bertz CT molecular complexity index is 1800. The van der Waals surface area contributed by atoms with Crippen molar-refractivity contribution in [2.45, 2.75) is 388 Å². The molecule has 0 aliphatic rings. The number of rotatable bonds is 71. The highest BCUT2D eigenvalue weighted by Gasteiger charge is 2.30. The first kappa shape index (κ1) is 90.1. The lowest BCUT2D eigenvalue weighted by Gasteiger charge is -2.21. The molecule has 0 aromatic rings. The van der Waals surface area contributed by atoms with E-state index in [1.165, 1.54) is 167 Å². The summed E-state index contributed by atoms with van der Waals surface area (Å²) in [6.07, 6.45) is 48.9. The number of phosphoric acid groups is 2. The van der Waals surface area contributed by atoms with Crippen LogP contribution in [0.5, 0.6) is 0 Å². The molecular formula is C73H142O17P2. The molecule has 3 N–H and O–H groups in total. The minimum atomic E-state index is -4.95. The summed E-state index contributed by atoms with van der Waals surface area (Å²) < 4.78 is 68.2. The molecule has 0 amide bonds. The van der Waals surface area contributed by atoms with Crippen molar-refractivity contribution in [3.8, 4) is 0 Å². The molecule has 92 heavy (non-hydrogen) atoms. The van der Waals surface area contributed by atoms with E-state index in [4.69, 9.17) is 37.0 Å². The zero-order chi connectivity index (χ0) is 68.0. The van der Waals surface area contributed by atoms with Gasteiger partial charge >= 0.3 is 39.5 Å². The molecule has 0 saturated heterocycles. The van der Waals surface area contributed by atoms with Crippen LogP contribution in [0.3, 0.4) is 0 Å². The van der Waals surface area contributed by atoms with Crippen molar-refractivity contribution in [3.05, 3.63) is 0 Å². The van der Waals surface area contributed by atoms with Gasteiger partial charge in [0.2, 0.25) is 0 Å². The summed E-state index contributed by atoms with van der Waals surface area (Å²) >= 11 is 0. The van der Waals surface area contributed by atoms with Crippen LogP contribution in [0.1, 0.15) is 370 Å². The largest absolute Gasteiger partial charge is 0.472 e. The summed E-state index contributed by atoms with van der Waals surface area (Å²) in [6.45, 7) is 11.8. The van der Waals surface area contributed by atoms with Gasteiger partial charge in [0, 0.05) is 25.7 Å². The van der Waals surface area contributed by atoms with E-state index in [2.05, 4.69) is 48.5 Å². The van der Waals surface area contributed by atoms with Gasteiger partial charge in [0.1, 0.15) is 19.3 Å². The third kappa shape index (κ3) is 66.7. The first-order valence-electron chi connectivity index (χ1n) is 37.8. The van der Waals surface area contributed by atoms with Crippen LogP contribution in [0.2, 0.25) is 0 Å². The minimum Gasteiger partial charge on any atom is -0.462 e. The Morgan fingerprint density at radius 2 is 0.500 bits per heavy atom. The smallest absolute Gasteiger partial charge is 0.462 e. The number of unbranched alkanes of at least 4 members (excludes halogenated alkanes) is 39. The Kier molecular flexibility index (Phi) is 62.4. The van der Waals surface area contributed by atoms with Gasteiger partial charge in [-0.05, 0) is 43.4 Å². The van der Waals surface area contributed by atoms with Crippen molar-refractivity contribution in [3.63, 3.8) is 0 Å². The van der Waals surface area contributed by atoms with Crippen molar-refractivity contribution in [1.82, 2.24) is 0 Å². The van der Waals surface area contributed by atoms with E-state index < -0.39 is 97.5 Å². The number of phosphoric ester groups is 2.